The summed E-state index contributed by atoms with van der Waals surface area (Å²) in [6.07, 6.45) is 5.28. The SMILES string of the molecule is Cn1nccc1-c1cc(=O)n(C2=CCC(OCC(C)(F)F)C=C2)c(OC2CCC(F)(F)CC2)n1. The predicted octanol–water partition coefficient (Wildman–Crippen LogP) is 4.44. The Morgan fingerprint density at radius 3 is 2.59 bits per heavy atom. The summed E-state index contributed by atoms with van der Waals surface area (Å²) in [5, 5.41) is 4.09. The van der Waals surface area contributed by atoms with Gasteiger partial charge in [-0.3, -0.25) is 9.48 Å². The van der Waals surface area contributed by atoms with E-state index >= 15 is 0 Å². The smallest absolute Gasteiger partial charge is 0.304 e. The zero-order valence-electron chi connectivity index (χ0n) is 18.9. The molecule has 1 unspecified atom stereocenters. The van der Waals surface area contributed by atoms with Crippen LogP contribution >= 0.6 is 0 Å². The third-order valence-corrected chi connectivity index (χ3v) is 5.76. The summed E-state index contributed by atoms with van der Waals surface area (Å²) in [5.41, 5.74) is 0.932. The van der Waals surface area contributed by atoms with Crippen molar-refractivity contribution in [1.82, 2.24) is 19.3 Å². The third kappa shape index (κ3) is 5.75. The molecule has 1 saturated carbocycles. The van der Waals surface area contributed by atoms with Crippen molar-refractivity contribution in [2.24, 2.45) is 7.05 Å². The Labute approximate surface area is 193 Å². The van der Waals surface area contributed by atoms with Gasteiger partial charge in [-0.25, -0.2) is 22.1 Å². The van der Waals surface area contributed by atoms with Gasteiger partial charge >= 0.3 is 6.01 Å². The van der Waals surface area contributed by atoms with E-state index in [2.05, 4.69) is 10.1 Å². The predicted molar refractivity (Wildman–Crippen MR) is 117 cm³/mol. The molecule has 184 valence electrons. The monoisotopic (exact) mass is 482 g/mol. The van der Waals surface area contributed by atoms with Crippen molar-refractivity contribution in [1.29, 1.82) is 0 Å². The number of hydrogen-bond acceptors (Lipinski definition) is 5. The molecule has 2 aliphatic carbocycles. The molecule has 0 spiro atoms. The lowest BCUT2D eigenvalue weighted by Crippen LogP contribution is -2.33. The average molecular weight is 482 g/mol. The summed E-state index contributed by atoms with van der Waals surface area (Å²) >= 11 is 0. The van der Waals surface area contributed by atoms with E-state index in [9.17, 15) is 22.4 Å². The van der Waals surface area contributed by atoms with E-state index in [0.29, 0.717) is 17.1 Å². The van der Waals surface area contributed by atoms with Gasteiger partial charge in [0.05, 0.1) is 17.5 Å². The maximum atomic E-state index is 13.6. The van der Waals surface area contributed by atoms with Gasteiger partial charge in [0.1, 0.15) is 12.7 Å². The Balaban J connectivity index is 1.62. The summed E-state index contributed by atoms with van der Waals surface area (Å²) < 4.78 is 67.4. The van der Waals surface area contributed by atoms with Gasteiger partial charge in [-0.05, 0) is 31.4 Å². The first kappa shape index (κ1) is 24.2. The Hall–Kier alpha value is -2.95. The Morgan fingerprint density at radius 2 is 2.00 bits per heavy atom. The molecule has 2 aromatic heterocycles. The van der Waals surface area contributed by atoms with Crippen LogP contribution in [0, 0.1) is 0 Å². The minimum Gasteiger partial charge on any atom is -0.461 e. The first-order valence-corrected chi connectivity index (χ1v) is 11.1. The molecule has 1 fully saturated rings. The molecule has 0 bridgehead atoms. The topological polar surface area (TPSA) is 71.2 Å². The molecule has 11 heteroatoms. The fourth-order valence-electron chi connectivity index (χ4n) is 3.95. The van der Waals surface area contributed by atoms with Crippen molar-refractivity contribution < 1.29 is 27.0 Å². The Bertz CT molecular complexity index is 1140. The second kappa shape index (κ2) is 9.36. The number of allylic oxidation sites excluding steroid dienone is 2. The highest BCUT2D eigenvalue weighted by Gasteiger charge is 2.36. The van der Waals surface area contributed by atoms with Crippen molar-refractivity contribution in [3.8, 4) is 17.4 Å². The fourth-order valence-corrected chi connectivity index (χ4v) is 3.95. The number of aromatic nitrogens is 4. The molecule has 7 nitrogen and oxygen atoms in total. The standard InChI is InChI=1S/C23H26F4N4O3/c1-22(24,25)14-33-16-5-3-15(4-6-16)31-20(32)13-18(19-9-12-28-30(19)2)29-21(31)34-17-7-10-23(26,27)11-8-17/h3-5,9,12-13,16-17H,6-8,10-11,14H2,1-2H3. The van der Waals surface area contributed by atoms with Gasteiger partial charge in [0.25, 0.3) is 11.5 Å². The second-order valence-electron chi connectivity index (χ2n) is 8.75. The molecule has 0 aliphatic heterocycles. The highest BCUT2D eigenvalue weighted by atomic mass is 19.3. The lowest BCUT2D eigenvalue weighted by Gasteiger charge is -2.29. The summed E-state index contributed by atoms with van der Waals surface area (Å²) in [7, 11) is 1.71. The number of aryl methyl sites for hydroxylation is 1. The van der Waals surface area contributed by atoms with E-state index in [4.69, 9.17) is 9.47 Å². The Kier molecular flexibility index (Phi) is 6.66. The van der Waals surface area contributed by atoms with E-state index in [1.54, 1.807) is 42.2 Å². The number of halogens is 4. The molecule has 34 heavy (non-hydrogen) atoms. The van der Waals surface area contributed by atoms with Gasteiger partial charge in [0.15, 0.2) is 0 Å². The van der Waals surface area contributed by atoms with E-state index < -0.39 is 36.2 Å². The normalized spacial score (nSPS) is 20.9. The molecule has 1 atom stereocenters. The van der Waals surface area contributed by atoms with Gasteiger partial charge in [-0.15, -0.1) is 0 Å². The minimum atomic E-state index is -2.95. The molecule has 2 heterocycles. The first-order chi connectivity index (χ1) is 16.0. The third-order valence-electron chi connectivity index (χ3n) is 5.76. The molecular formula is C23H26F4N4O3. The van der Waals surface area contributed by atoms with Gasteiger partial charge in [-0.2, -0.15) is 10.1 Å². The minimum absolute atomic E-state index is 0.0192. The zero-order chi connectivity index (χ0) is 24.5. The lowest BCUT2D eigenvalue weighted by molar-refractivity contribution is -0.0764. The van der Waals surface area contributed by atoms with Crippen molar-refractivity contribution >= 4 is 5.70 Å². The van der Waals surface area contributed by atoms with Crippen molar-refractivity contribution in [3.05, 3.63) is 46.9 Å². The molecule has 4 rings (SSSR count). The molecular weight excluding hydrogens is 456 g/mol. The van der Waals surface area contributed by atoms with Crippen molar-refractivity contribution in [2.45, 2.75) is 63.1 Å². The molecule has 0 saturated heterocycles. The lowest BCUT2D eigenvalue weighted by atomic mass is 9.94. The van der Waals surface area contributed by atoms with E-state index in [0.717, 1.165) is 6.92 Å². The zero-order valence-corrected chi connectivity index (χ0v) is 18.9. The highest BCUT2D eigenvalue weighted by Crippen LogP contribution is 2.35. The van der Waals surface area contributed by atoms with Crippen LogP contribution in [-0.4, -0.2) is 50.0 Å². The maximum absolute atomic E-state index is 13.6. The molecule has 0 amide bonds. The van der Waals surface area contributed by atoms with Crippen molar-refractivity contribution in [3.63, 3.8) is 0 Å². The van der Waals surface area contributed by atoms with Crippen LogP contribution in [0.3, 0.4) is 0 Å². The number of nitrogens with zero attached hydrogens (tertiary/aromatic N) is 4. The fraction of sp³-hybridized carbons (Fsp3) is 0.522. The molecule has 2 aromatic rings. The van der Waals surface area contributed by atoms with Crippen LogP contribution in [0.4, 0.5) is 17.6 Å². The van der Waals surface area contributed by atoms with Gasteiger partial charge in [-0.1, -0.05) is 12.2 Å². The molecule has 2 aliphatic rings. The number of ether oxygens (including phenoxy) is 2. The summed E-state index contributed by atoms with van der Waals surface area (Å²) in [6.45, 7) is 0.0628. The highest BCUT2D eigenvalue weighted by molar-refractivity contribution is 5.62. The first-order valence-electron chi connectivity index (χ1n) is 11.1. The second-order valence-corrected chi connectivity index (χ2v) is 8.75. The number of hydrogen-bond donors (Lipinski definition) is 0. The van der Waals surface area contributed by atoms with Crippen LogP contribution in [0.2, 0.25) is 0 Å². The van der Waals surface area contributed by atoms with Crippen LogP contribution < -0.4 is 10.3 Å². The van der Waals surface area contributed by atoms with E-state index in [1.807, 2.05) is 0 Å². The largest absolute Gasteiger partial charge is 0.461 e. The van der Waals surface area contributed by atoms with Crippen LogP contribution in [0.1, 0.15) is 39.0 Å². The Morgan fingerprint density at radius 1 is 1.26 bits per heavy atom. The summed E-state index contributed by atoms with van der Waals surface area (Å²) in [4.78, 5) is 17.7. The number of alkyl halides is 4. The molecule has 0 N–H and O–H groups in total. The van der Waals surface area contributed by atoms with Crippen molar-refractivity contribution in [2.75, 3.05) is 6.61 Å². The average Bonchev–Trinajstić information content (AvgIpc) is 3.19. The van der Waals surface area contributed by atoms with Gasteiger partial charge in [0, 0.05) is 44.8 Å². The summed E-state index contributed by atoms with van der Waals surface area (Å²) in [6, 6.07) is 3.02. The van der Waals surface area contributed by atoms with Crippen LogP contribution in [0.25, 0.3) is 17.1 Å². The van der Waals surface area contributed by atoms with Gasteiger partial charge < -0.3 is 9.47 Å². The van der Waals surface area contributed by atoms with Crippen LogP contribution in [0.5, 0.6) is 6.01 Å². The molecule has 0 aromatic carbocycles. The van der Waals surface area contributed by atoms with E-state index in [1.165, 1.54) is 10.6 Å². The van der Waals surface area contributed by atoms with Crippen LogP contribution in [0.15, 0.2) is 41.4 Å². The van der Waals surface area contributed by atoms with E-state index in [-0.39, 0.29) is 38.1 Å². The quantitative estimate of drug-likeness (QED) is 0.546. The molecule has 0 radical (unpaired) electrons. The maximum Gasteiger partial charge on any atom is 0.304 e. The van der Waals surface area contributed by atoms with Gasteiger partial charge in [0.2, 0.25) is 5.92 Å². The number of rotatable bonds is 7. The van der Waals surface area contributed by atoms with Crippen LogP contribution in [-0.2, 0) is 11.8 Å². The summed E-state index contributed by atoms with van der Waals surface area (Å²) in [5.74, 6) is -5.67.